The summed E-state index contributed by atoms with van der Waals surface area (Å²) in [4.78, 5) is 4.12. The minimum Gasteiger partial charge on any atom is -0.299 e. The van der Waals surface area contributed by atoms with Crippen molar-refractivity contribution in [2.24, 2.45) is 0 Å². The van der Waals surface area contributed by atoms with Crippen LogP contribution in [-0.4, -0.2) is 19.7 Å². The van der Waals surface area contributed by atoms with Gasteiger partial charge < -0.3 is 0 Å². The van der Waals surface area contributed by atoms with Crippen molar-refractivity contribution in [2.45, 2.75) is 48.6 Å². The fourth-order valence-corrected chi connectivity index (χ4v) is 5.01. The van der Waals surface area contributed by atoms with E-state index >= 15 is 0 Å². The third-order valence-corrected chi connectivity index (χ3v) is 6.34. The smallest absolute Gasteiger partial charge is 0.192 e. The standard InChI is InChI=1S/C20H20N4S/c1-2-6-17-14(4-1)5-3-7-18(17)25-20-23-22-19(24(20)16-8-9-16)15-10-12-21-13-11-15/h1-2,4,6,10-13,16,18H,3,5,7-9H2/t18-/m0/s1. The molecule has 2 aliphatic carbocycles. The van der Waals surface area contributed by atoms with Gasteiger partial charge in [-0.15, -0.1) is 10.2 Å². The minimum absolute atomic E-state index is 0.483. The molecule has 2 aliphatic rings. The van der Waals surface area contributed by atoms with Crippen LogP contribution < -0.4 is 0 Å². The average molecular weight is 348 g/mol. The first-order valence-corrected chi connectivity index (χ1v) is 9.88. The molecule has 25 heavy (non-hydrogen) atoms. The molecule has 126 valence electrons. The second-order valence-electron chi connectivity index (χ2n) is 6.84. The second kappa shape index (κ2) is 6.30. The molecular weight excluding hydrogens is 328 g/mol. The van der Waals surface area contributed by atoms with Crippen LogP contribution in [0, 0.1) is 0 Å². The Hall–Kier alpha value is -2.14. The maximum absolute atomic E-state index is 4.58. The van der Waals surface area contributed by atoms with E-state index in [1.807, 2.05) is 36.3 Å². The summed E-state index contributed by atoms with van der Waals surface area (Å²) in [5.74, 6) is 0.983. The first-order valence-electron chi connectivity index (χ1n) is 9.00. The molecule has 5 rings (SSSR count). The van der Waals surface area contributed by atoms with Gasteiger partial charge in [0.05, 0.1) is 0 Å². The molecule has 5 heteroatoms. The highest BCUT2D eigenvalue weighted by atomic mass is 32.2. The van der Waals surface area contributed by atoms with Gasteiger partial charge in [0.15, 0.2) is 11.0 Å². The van der Waals surface area contributed by atoms with Gasteiger partial charge in [0.1, 0.15) is 0 Å². The molecule has 1 saturated carbocycles. The lowest BCUT2D eigenvalue weighted by atomic mass is 9.91. The van der Waals surface area contributed by atoms with Crippen LogP contribution in [0.3, 0.4) is 0 Å². The molecule has 1 aromatic carbocycles. The highest BCUT2D eigenvalue weighted by molar-refractivity contribution is 7.99. The monoisotopic (exact) mass is 348 g/mol. The zero-order chi connectivity index (χ0) is 16.6. The van der Waals surface area contributed by atoms with Gasteiger partial charge in [-0.1, -0.05) is 36.0 Å². The molecule has 0 radical (unpaired) electrons. The number of aromatic nitrogens is 4. The van der Waals surface area contributed by atoms with Gasteiger partial charge in [-0.25, -0.2) is 0 Å². The van der Waals surface area contributed by atoms with E-state index in [0.717, 1.165) is 16.5 Å². The van der Waals surface area contributed by atoms with Gasteiger partial charge in [-0.3, -0.25) is 9.55 Å². The van der Waals surface area contributed by atoms with E-state index in [4.69, 9.17) is 0 Å². The predicted octanol–water partition coefficient (Wildman–Crippen LogP) is 4.84. The normalized spacial score (nSPS) is 19.6. The van der Waals surface area contributed by atoms with Crippen molar-refractivity contribution in [1.29, 1.82) is 0 Å². The van der Waals surface area contributed by atoms with E-state index in [9.17, 15) is 0 Å². The molecule has 0 N–H and O–H groups in total. The Labute approximate surface area is 151 Å². The first-order chi connectivity index (χ1) is 12.4. The van der Waals surface area contributed by atoms with E-state index in [1.54, 1.807) is 0 Å². The van der Waals surface area contributed by atoms with Gasteiger partial charge in [-0.2, -0.15) is 0 Å². The number of pyridine rings is 1. The summed E-state index contributed by atoms with van der Waals surface area (Å²) in [6.07, 6.45) is 9.77. The summed E-state index contributed by atoms with van der Waals surface area (Å²) in [6.45, 7) is 0. The fourth-order valence-electron chi connectivity index (χ4n) is 3.68. The van der Waals surface area contributed by atoms with Gasteiger partial charge >= 0.3 is 0 Å². The Morgan fingerprint density at radius 3 is 2.64 bits per heavy atom. The molecular formula is C20H20N4S. The quantitative estimate of drug-likeness (QED) is 0.676. The largest absolute Gasteiger partial charge is 0.299 e. The minimum atomic E-state index is 0.483. The molecule has 3 aromatic rings. The lowest BCUT2D eigenvalue weighted by molar-refractivity contribution is 0.649. The summed E-state index contributed by atoms with van der Waals surface area (Å²) >= 11 is 1.89. The van der Waals surface area contributed by atoms with Crippen LogP contribution in [0.2, 0.25) is 0 Å². The van der Waals surface area contributed by atoms with Gasteiger partial charge in [0.25, 0.3) is 0 Å². The molecule has 4 nitrogen and oxygen atoms in total. The van der Waals surface area contributed by atoms with E-state index in [2.05, 4.69) is 44.0 Å². The van der Waals surface area contributed by atoms with E-state index < -0.39 is 0 Å². The van der Waals surface area contributed by atoms with Crippen LogP contribution >= 0.6 is 11.8 Å². The predicted molar refractivity (Wildman–Crippen MR) is 99.5 cm³/mol. The zero-order valence-electron chi connectivity index (χ0n) is 14.0. The van der Waals surface area contributed by atoms with Crippen molar-refractivity contribution >= 4 is 11.8 Å². The van der Waals surface area contributed by atoms with Crippen LogP contribution in [0.5, 0.6) is 0 Å². The molecule has 1 fully saturated rings. The van der Waals surface area contributed by atoms with E-state index in [-0.39, 0.29) is 0 Å². The molecule has 0 bridgehead atoms. The third-order valence-electron chi connectivity index (χ3n) is 5.08. The van der Waals surface area contributed by atoms with Crippen LogP contribution in [0.15, 0.2) is 53.9 Å². The van der Waals surface area contributed by atoms with Gasteiger partial charge in [-0.05, 0) is 55.4 Å². The van der Waals surface area contributed by atoms with E-state index in [1.165, 1.54) is 43.2 Å². The summed E-state index contributed by atoms with van der Waals surface area (Å²) < 4.78 is 2.36. The van der Waals surface area contributed by atoms with Crippen molar-refractivity contribution in [3.8, 4) is 11.4 Å². The lowest BCUT2D eigenvalue weighted by Gasteiger charge is -2.24. The number of rotatable bonds is 4. The Kier molecular flexibility index (Phi) is 3.82. The molecule has 1 atom stereocenters. The van der Waals surface area contributed by atoms with Crippen molar-refractivity contribution < 1.29 is 0 Å². The van der Waals surface area contributed by atoms with Gasteiger partial charge in [0.2, 0.25) is 0 Å². The van der Waals surface area contributed by atoms with Crippen molar-refractivity contribution in [3.63, 3.8) is 0 Å². The third kappa shape index (κ3) is 2.86. The van der Waals surface area contributed by atoms with Crippen molar-refractivity contribution in [1.82, 2.24) is 19.7 Å². The Bertz CT molecular complexity index is 886. The SMILES string of the molecule is c1ccc2c(c1)CCC[C@@H]2Sc1nnc(-c2ccncc2)n1C1CC1. The second-order valence-corrected chi connectivity index (χ2v) is 8.01. The molecule has 0 saturated heterocycles. The maximum Gasteiger partial charge on any atom is 0.192 e. The van der Waals surface area contributed by atoms with Crippen molar-refractivity contribution in [3.05, 3.63) is 59.9 Å². The summed E-state index contributed by atoms with van der Waals surface area (Å²) in [5.41, 5.74) is 4.08. The summed E-state index contributed by atoms with van der Waals surface area (Å²) in [7, 11) is 0. The topological polar surface area (TPSA) is 43.6 Å². The summed E-state index contributed by atoms with van der Waals surface area (Å²) in [5, 5.41) is 10.7. The molecule has 0 unspecified atom stereocenters. The van der Waals surface area contributed by atoms with Crippen LogP contribution in [-0.2, 0) is 6.42 Å². The van der Waals surface area contributed by atoms with Crippen LogP contribution in [0.1, 0.15) is 48.1 Å². The molecule has 0 spiro atoms. The Balaban J connectivity index is 1.51. The lowest BCUT2D eigenvalue weighted by Crippen LogP contribution is -2.08. The number of benzene rings is 1. The summed E-state index contributed by atoms with van der Waals surface area (Å²) in [6, 6.07) is 13.5. The number of hydrogen-bond donors (Lipinski definition) is 0. The highest BCUT2D eigenvalue weighted by Crippen LogP contribution is 2.47. The molecule has 0 aliphatic heterocycles. The number of aryl methyl sites for hydroxylation is 1. The Morgan fingerprint density at radius 2 is 1.80 bits per heavy atom. The number of thioether (sulfide) groups is 1. The number of hydrogen-bond acceptors (Lipinski definition) is 4. The molecule has 0 amide bonds. The van der Waals surface area contributed by atoms with Crippen LogP contribution in [0.25, 0.3) is 11.4 Å². The van der Waals surface area contributed by atoms with E-state index in [0.29, 0.717) is 11.3 Å². The number of fused-ring (bicyclic) bond motifs is 1. The fraction of sp³-hybridized carbons (Fsp3) is 0.350. The maximum atomic E-state index is 4.58. The average Bonchev–Trinajstić information content (AvgIpc) is 3.43. The first kappa shape index (κ1) is 15.1. The van der Waals surface area contributed by atoms with Crippen LogP contribution in [0.4, 0.5) is 0 Å². The molecule has 2 aromatic heterocycles. The highest BCUT2D eigenvalue weighted by Gasteiger charge is 2.32. The van der Waals surface area contributed by atoms with Crippen molar-refractivity contribution in [2.75, 3.05) is 0 Å². The zero-order valence-corrected chi connectivity index (χ0v) is 14.8. The Morgan fingerprint density at radius 1 is 0.960 bits per heavy atom. The van der Waals surface area contributed by atoms with Gasteiger partial charge in [0, 0.05) is 29.2 Å². The number of nitrogens with zero attached hydrogens (tertiary/aromatic N) is 4. The molecule has 2 heterocycles.